The molecule has 0 bridgehead atoms. The zero-order valence-electron chi connectivity index (χ0n) is 16.0. The molecular formula is C18H27BCl2N2O3. The van der Waals surface area contributed by atoms with Gasteiger partial charge in [-0.25, -0.2) is 0 Å². The first-order valence-corrected chi connectivity index (χ1v) is 9.13. The molecule has 0 radical (unpaired) electrons. The van der Waals surface area contributed by atoms with E-state index in [0.29, 0.717) is 10.6 Å². The third-order valence-electron chi connectivity index (χ3n) is 5.65. The normalized spacial score (nSPS) is 23.6. The van der Waals surface area contributed by atoms with E-state index in [9.17, 15) is 4.79 Å². The van der Waals surface area contributed by atoms with Crippen LogP contribution in [0.25, 0.3) is 0 Å². The molecule has 144 valence electrons. The molecule has 1 atom stereocenters. The number of carbonyl (C=O) groups is 1. The summed E-state index contributed by atoms with van der Waals surface area (Å²) < 4.78 is 12.1. The van der Waals surface area contributed by atoms with Crippen LogP contribution in [0.2, 0.25) is 5.02 Å². The maximum Gasteiger partial charge on any atom is 0.494 e. The van der Waals surface area contributed by atoms with Crippen LogP contribution in [0.4, 0.5) is 0 Å². The summed E-state index contributed by atoms with van der Waals surface area (Å²) in [5.41, 5.74) is 0.518. The smallest absolute Gasteiger partial charge is 0.399 e. The van der Waals surface area contributed by atoms with Crippen LogP contribution in [0, 0.1) is 0 Å². The number of nitrogens with one attached hydrogen (secondary N) is 1. The summed E-state index contributed by atoms with van der Waals surface area (Å²) in [7, 11) is 1.35. The van der Waals surface area contributed by atoms with E-state index < -0.39 is 18.3 Å². The molecule has 2 aliphatic heterocycles. The number of nitrogens with zero attached hydrogens (tertiary/aromatic N) is 1. The van der Waals surface area contributed by atoms with Gasteiger partial charge in [0.05, 0.1) is 21.8 Å². The molecule has 26 heavy (non-hydrogen) atoms. The van der Waals surface area contributed by atoms with Gasteiger partial charge in [-0.2, -0.15) is 0 Å². The molecule has 5 nitrogen and oxygen atoms in total. The van der Waals surface area contributed by atoms with E-state index in [-0.39, 0.29) is 24.4 Å². The van der Waals surface area contributed by atoms with Gasteiger partial charge in [-0.05, 0) is 58.3 Å². The third kappa shape index (κ3) is 3.90. The average molecular weight is 401 g/mol. The highest BCUT2D eigenvalue weighted by Crippen LogP contribution is 2.36. The maximum atomic E-state index is 12.7. The van der Waals surface area contributed by atoms with Crippen molar-refractivity contribution >= 4 is 42.5 Å². The Labute approximate surface area is 167 Å². The van der Waals surface area contributed by atoms with Crippen LogP contribution in [0.3, 0.4) is 0 Å². The number of benzene rings is 1. The first-order chi connectivity index (χ1) is 11.6. The molecule has 2 saturated heterocycles. The Hall–Kier alpha value is -0.785. The summed E-state index contributed by atoms with van der Waals surface area (Å²) in [6.07, 6.45) is 0.964. The second-order valence-corrected chi connectivity index (χ2v) is 8.30. The van der Waals surface area contributed by atoms with Gasteiger partial charge in [-0.15, -0.1) is 12.4 Å². The van der Waals surface area contributed by atoms with E-state index in [4.69, 9.17) is 20.9 Å². The lowest BCUT2D eigenvalue weighted by atomic mass is 9.79. The van der Waals surface area contributed by atoms with Crippen LogP contribution in [-0.4, -0.2) is 55.3 Å². The second-order valence-electron chi connectivity index (χ2n) is 7.89. The number of rotatable bonds is 3. The van der Waals surface area contributed by atoms with Crippen molar-refractivity contribution in [1.82, 2.24) is 10.2 Å². The molecule has 1 aromatic rings. The molecule has 0 spiro atoms. The summed E-state index contributed by atoms with van der Waals surface area (Å²) in [6, 6.07) is 5.62. The van der Waals surface area contributed by atoms with E-state index in [1.165, 1.54) is 0 Å². The van der Waals surface area contributed by atoms with Crippen LogP contribution in [0.1, 0.15) is 44.5 Å². The number of hydrogen-bond donors (Lipinski definition) is 1. The van der Waals surface area contributed by atoms with Crippen LogP contribution in [0.5, 0.6) is 0 Å². The number of amides is 1. The molecule has 8 heteroatoms. The van der Waals surface area contributed by atoms with Gasteiger partial charge in [0.15, 0.2) is 0 Å². The largest absolute Gasteiger partial charge is 0.494 e. The van der Waals surface area contributed by atoms with Gasteiger partial charge in [0.25, 0.3) is 5.91 Å². The summed E-state index contributed by atoms with van der Waals surface area (Å²) in [4.78, 5) is 14.5. The highest BCUT2D eigenvalue weighted by molar-refractivity contribution is 6.62. The second kappa shape index (κ2) is 7.68. The van der Waals surface area contributed by atoms with Crippen molar-refractivity contribution in [2.45, 2.75) is 51.4 Å². The monoisotopic (exact) mass is 400 g/mol. The SMILES string of the molecule is CN(C(=O)c1ccc(B2OC(C)(C)C(C)(C)O2)cc1Cl)C1CCNC1.Cl. The first-order valence-electron chi connectivity index (χ1n) is 8.75. The third-order valence-corrected chi connectivity index (χ3v) is 5.96. The van der Waals surface area contributed by atoms with Crippen molar-refractivity contribution in [2.24, 2.45) is 0 Å². The lowest BCUT2D eigenvalue weighted by Crippen LogP contribution is -2.41. The van der Waals surface area contributed by atoms with Crippen LogP contribution in [0.15, 0.2) is 18.2 Å². The Bertz CT molecular complexity index is 662. The topological polar surface area (TPSA) is 50.8 Å². The van der Waals surface area contributed by atoms with Crippen molar-refractivity contribution in [3.05, 3.63) is 28.8 Å². The van der Waals surface area contributed by atoms with E-state index in [1.807, 2.05) is 40.8 Å². The summed E-state index contributed by atoms with van der Waals surface area (Å²) >= 11 is 6.42. The quantitative estimate of drug-likeness (QED) is 0.792. The Morgan fingerprint density at radius 1 is 1.27 bits per heavy atom. The predicted octanol–water partition coefficient (Wildman–Crippen LogP) is 2.49. The van der Waals surface area contributed by atoms with E-state index in [1.54, 1.807) is 17.0 Å². The fourth-order valence-electron chi connectivity index (χ4n) is 3.16. The molecule has 2 fully saturated rings. The van der Waals surface area contributed by atoms with Gasteiger partial charge in [0.2, 0.25) is 0 Å². The van der Waals surface area contributed by atoms with Gasteiger partial charge >= 0.3 is 7.12 Å². The lowest BCUT2D eigenvalue weighted by molar-refractivity contribution is 0.00578. The summed E-state index contributed by atoms with van der Waals surface area (Å²) in [5.74, 6) is -0.0563. The molecular weight excluding hydrogens is 374 g/mol. The minimum atomic E-state index is -0.483. The molecule has 0 aliphatic carbocycles. The highest BCUT2D eigenvalue weighted by atomic mass is 35.5. The summed E-state index contributed by atoms with van der Waals surface area (Å²) in [5, 5.41) is 3.70. The van der Waals surface area contributed by atoms with Gasteiger partial charge in [0.1, 0.15) is 0 Å². The minimum absolute atomic E-state index is 0. The number of likely N-dealkylation sites (N-methyl/N-ethyl adjacent to an activating group) is 1. The lowest BCUT2D eigenvalue weighted by Gasteiger charge is -2.32. The van der Waals surface area contributed by atoms with Crippen molar-refractivity contribution < 1.29 is 14.1 Å². The molecule has 3 rings (SSSR count). The molecule has 2 aliphatic rings. The van der Waals surface area contributed by atoms with Crippen molar-refractivity contribution in [1.29, 1.82) is 0 Å². The molecule has 0 aromatic heterocycles. The van der Waals surface area contributed by atoms with Crippen molar-refractivity contribution in [3.63, 3.8) is 0 Å². The van der Waals surface area contributed by atoms with Gasteiger partial charge in [-0.1, -0.05) is 17.7 Å². The van der Waals surface area contributed by atoms with Crippen molar-refractivity contribution in [3.8, 4) is 0 Å². The van der Waals surface area contributed by atoms with Crippen LogP contribution in [-0.2, 0) is 9.31 Å². The Morgan fingerprint density at radius 3 is 2.38 bits per heavy atom. The number of carbonyl (C=O) groups excluding carboxylic acids is 1. The molecule has 1 aromatic carbocycles. The van der Waals surface area contributed by atoms with Crippen molar-refractivity contribution in [2.75, 3.05) is 20.1 Å². The molecule has 1 N–H and O–H groups in total. The van der Waals surface area contributed by atoms with Gasteiger partial charge < -0.3 is 19.5 Å². The maximum absolute atomic E-state index is 12.7. The molecule has 1 amide bonds. The van der Waals surface area contributed by atoms with Crippen LogP contribution < -0.4 is 10.8 Å². The highest BCUT2D eigenvalue weighted by Gasteiger charge is 2.51. The zero-order valence-corrected chi connectivity index (χ0v) is 17.5. The van der Waals surface area contributed by atoms with E-state index in [0.717, 1.165) is 25.0 Å². The van der Waals surface area contributed by atoms with E-state index in [2.05, 4.69) is 5.32 Å². The Morgan fingerprint density at radius 2 is 1.88 bits per heavy atom. The number of hydrogen-bond acceptors (Lipinski definition) is 4. The molecule has 0 saturated carbocycles. The van der Waals surface area contributed by atoms with Crippen LogP contribution >= 0.6 is 24.0 Å². The van der Waals surface area contributed by atoms with Gasteiger partial charge in [-0.3, -0.25) is 4.79 Å². The average Bonchev–Trinajstić information content (AvgIpc) is 3.12. The Kier molecular flexibility index (Phi) is 6.36. The molecule has 1 unspecified atom stereocenters. The molecule has 2 heterocycles. The fraction of sp³-hybridized carbons (Fsp3) is 0.611. The minimum Gasteiger partial charge on any atom is -0.399 e. The first kappa shape index (κ1) is 21.5. The fourth-order valence-corrected chi connectivity index (χ4v) is 3.43. The standard InChI is InChI=1S/C18H26BClN2O3.ClH/c1-17(2)18(3,4)25-19(24-17)12-6-7-14(15(20)10-12)16(23)22(5)13-8-9-21-11-13;/h6-7,10,13,21H,8-9,11H2,1-5H3;1H. The summed E-state index contributed by atoms with van der Waals surface area (Å²) in [6.45, 7) is 9.81. The zero-order chi connectivity index (χ0) is 18.4. The van der Waals surface area contributed by atoms with E-state index >= 15 is 0 Å². The van der Waals surface area contributed by atoms with Gasteiger partial charge in [0, 0.05) is 19.6 Å². The number of halogens is 2. The predicted molar refractivity (Wildman–Crippen MR) is 108 cm³/mol. The Balaban J connectivity index is 0.00000243.